The van der Waals surface area contributed by atoms with Crippen LogP contribution in [-0.2, 0) is 0 Å². The van der Waals surface area contributed by atoms with E-state index in [9.17, 15) is 4.79 Å². The average molecular weight is 236 g/mol. The van der Waals surface area contributed by atoms with Crippen molar-refractivity contribution < 1.29 is 4.79 Å². The molecule has 5 heteroatoms. The van der Waals surface area contributed by atoms with Crippen molar-refractivity contribution in [2.75, 3.05) is 23.7 Å². The molecule has 1 aromatic rings. The highest BCUT2D eigenvalue weighted by atomic mass is 16.1. The van der Waals surface area contributed by atoms with Crippen LogP contribution >= 0.6 is 0 Å². The molecule has 1 amide bonds. The Kier molecular flexibility index (Phi) is 4.31. The summed E-state index contributed by atoms with van der Waals surface area (Å²) in [6.07, 6.45) is 1.55. The van der Waals surface area contributed by atoms with Gasteiger partial charge >= 0.3 is 0 Å². The number of carbonyl (C=O) groups is 1. The Balaban J connectivity index is 3.14. The number of aromatic nitrogens is 1. The molecule has 1 aromatic heterocycles. The van der Waals surface area contributed by atoms with Crippen molar-refractivity contribution in [3.63, 3.8) is 0 Å². The van der Waals surface area contributed by atoms with Gasteiger partial charge in [0.1, 0.15) is 5.82 Å². The third kappa shape index (κ3) is 3.34. The van der Waals surface area contributed by atoms with Crippen LogP contribution in [0.25, 0.3) is 0 Å². The van der Waals surface area contributed by atoms with E-state index >= 15 is 0 Å². The minimum atomic E-state index is -0.498. The first-order valence-corrected chi connectivity index (χ1v) is 5.76. The molecule has 0 radical (unpaired) electrons. The maximum absolute atomic E-state index is 11.4. The van der Waals surface area contributed by atoms with E-state index in [2.05, 4.69) is 18.8 Å². The summed E-state index contributed by atoms with van der Waals surface area (Å²) in [6, 6.07) is 1.58. The minimum Gasteiger partial charge on any atom is -0.397 e. The number of hydrogen-bond acceptors (Lipinski definition) is 4. The van der Waals surface area contributed by atoms with E-state index in [0.717, 1.165) is 13.1 Å². The second kappa shape index (κ2) is 5.52. The Bertz CT molecular complexity index is 403. The van der Waals surface area contributed by atoms with Crippen LogP contribution in [0.3, 0.4) is 0 Å². The fourth-order valence-electron chi connectivity index (χ4n) is 1.71. The lowest BCUT2D eigenvalue weighted by molar-refractivity contribution is 0.100. The predicted octanol–water partition coefficient (Wildman–Crippen LogP) is 1.25. The Morgan fingerprint density at radius 1 is 1.53 bits per heavy atom. The molecule has 0 aliphatic heterocycles. The number of nitrogens with two attached hydrogens (primary N) is 2. The van der Waals surface area contributed by atoms with Crippen molar-refractivity contribution in [1.82, 2.24) is 4.98 Å². The van der Waals surface area contributed by atoms with Gasteiger partial charge in [-0.3, -0.25) is 4.79 Å². The highest BCUT2D eigenvalue weighted by molar-refractivity contribution is 5.98. The molecule has 0 aliphatic carbocycles. The number of hydrogen-bond donors (Lipinski definition) is 2. The van der Waals surface area contributed by atoms with Gasteiger partial charge in [0.05, 0.1) is 17.4 Å². The molecule has 0 saturated carbocycles. The first-order valence-electron chi connectivity index (χ1n) is 5.76. The number of amides is 1. The normalized spacial score (nSPS) is 10.6. The average Bonchev–Trinajstić information content (AvgIpc) is 2.25. The zero-order valence-electron chi connectivity index (χ0n) is 10.6. The van der Waals surface area contributed by atoms with E-state index in [1.54, 1.807) is 12.3 Å². The quantitative estimate of drug-likeness (QED) is 0.805. The van der Waals surface area contributed by atoms with Gasteiger partial charge < -0.3 is 16.4 Å². The van der Waals surface area contributed by atoms with E-state index in [1.165, 1.54) is 0 Å². The van der Waals surface area contributed by atoms with Gasteiger partial charge in [-0.05, 0) is 18.9 Å². The standard InChI is InChI=1S/C12H20N4O/c1-4-16(7-8(2)3)12-10(11(14)17)5-9(13)6-15-12/h5-6,8H,4,7,13H2,1-3H3,(H2,14,17). The van der Waals surface area contributed by atoms with Gasteiger partial charge in [-0.25, -0.2) is 4.98 Å². The number of primary amides is 1. The van der Waals surface area contributed by atoms with Gasteiger partial charge in [-0.15, -0.1) is 0 Å². The van der Waals surface area contributed by atoms with E-state index in [1.807, 2.05) is 11.8 Å². The Morgan fingerprint density at radius 3 is 2.65 bits per heavy atom. The van der Waals surface area contributed by atoms with Crippen molar-refractivity contribution in [2.45, 2.75) is 20.8 Å². The molecular formula is C12H20N4O. The number of pyridine rings is 1. The molecule has 1 heterocycles. The Labute approximate surface area is 102 Å². The lowest BCUT2D eigenvalue weighted by Gasteiger charge is -2.25. The summed E-state index contributed by atoms with van der Waals surface area (Å²) in [5.74, 6) is 0.597. The highest BCUT2D eigenvalue weighted by Gasteiger charge is 2.16. The molecule has 0 saturated heterocycles. The molecule has 0 spiro atoms. The molecule has 0 aliphatic rings. The number of anilines is 2. The monoisotopic (exact) mass is 236 g/mol. The molecule has 1 rings (SSSR count). The zero-order valence-corrected chi connectivity index (χ0v) is 10.6. The summed E-state index contributed by atoms with van der Waals surface area (Å²) in [7, 11) is 0. The maximum atomic E-state index is 11.4. The van der Waals surface area contributed by atoms with E-state index in [-0.39, 0.29) is 0 Å². The van der Waals surface area contributed by atoms with Crippen LogP contribution in [-0.4, -0.2) is 24.0 Å². The van der Waals surface area contributed by atoms with Gasteiger partial charge in [0.2, 0.25) is 0 Å². The zero-order chi connectivity index (χ0) is 13.0. The van der Waals surface area contributed by atoms with Gasteiger partial charge in [0, 0.05) is 13.1 Å². The fraction of sp³-hybridized carbons (Fsp3) is 0.500. The number of carbonyl (C=O) groups excluding carboxylic acids is 1. The smallest absolute Gasteiger partial charge is 0.252 e. The molecule has 4 N–H and O–H groups in total. The van der Waals surface area contributed by atoms with Gasteiger partial charge in [0.25, 0.3) is 5.91 Å². The summed E-state index contributed by atoms with van der Waals surface area (Å²) < 4.78 is 0. The van der Waals surface area contributed by atoms with Crippen LogP contribution in [0, 0.1) is 5.92 Å². The SMILES string of the molecule is CCN(CC(C)C)c1ncc(N)cc1C(N)=O. The van der Waals surface area contributed by atoms with Gasteiger partial charge in [-0.2, -0.15) is 0 Å². The summed E-state index contributed by atoms with van der Waals surface area (Å²) >= 11 is 0. The van der Waals surface area contributed by atoms with Crippen molar-refractivity contribution >= 4 is 17.4 Å². The highest BCUT2D eigenvalue weighted by Crippen LogP contribution is 2.20. The first-order chi connectivity index (χ1) is 7.95. The van der Waals surface area contributed by atoms with Crippen molar-refractivity contribution in [1.29, 1.82) is 0 Å². The molecule has 17 heavy (non-hydrogen) atoms. The van der Waals surface area contributed by atoms with E-state index in [0.29, 0.717) is 23.0 Å². The fourth-order valence-corrected chi connectivity index (χ4v) is 1.71. The molecule has 0 fully saturated rings. The number of nitrogen functional groups attached to an aromatic ring is 1. The molecule has 0 unspecified atom stereocenters. The molecule has 94 valence electrons. The Morgan fingerprint density at radius 2 is 2.18 bits per heavy atom. The summed E-state index contributed by atoms with van der Waals surface area (Å²) in [6.45, 7) is 7.85. The second-order valence-corrected chi connectivity index (χ2v) is 4.44. The summed E-state index contributed by atoms with van der Waals surface area (Å²) in [5.41, 5.74) is 11.8. The Hall–Kier alpha value is -1.78. The first kappa shape index (κ1) is 13.3. The van der Waals surface area contributed by atoms with Crippen LogP contribution in [0.2, 0.25) is 0 Å². The third-order valence-electron chi connectivity index (χ3n) is 2.42. The van der Waals surface area contributed by atoms with Gasteiger partial charge in [-0.1, -0.05) is 13.8 Å². The predicted molar refractivity (Wildman–Crippen MR) is 69.9 cm³/mol. The van der Waals surface area contributed by atoms with E-state index < -0.39 is 5.91 Å². The van der Waals surface area contributed by atoms with Crippen molar-refractivity contribution in [3.05, 3.63) is 17.8 Å². The van der Waals surface area contributed by atoms with Crippen LogP contribution in [0.4, 0.5) is 11.5 Å². The molecule has 0 atom stereocenters. The topological polar surface area (TPSA) is 85.2 Å². The summed E-state index contributed by atoms with van der Waals surface area (Å²) in [4.78, 5) is 17.6. The van der Waals surface area contributed by atoms with Crippen LogP contribution < -0.4 is 16.4 Å². The second-order valence-electron chi connectivity index (χ2n) is 4.44. The molecular weight excluding hydrogens is 216 g/mol. The number of rotatable bonds is 5. The molecule has 0 bridgehead atoms. The lowest BCUT2D eigenvalue weighted by atomic mass is 10.1. The van der Waals surface area contributed by atoms with Crippen LogP contribution in [0.5, 0.6) is 0 Å². The van der Waals surface area contributed by atoms with Crippen LogP contribution in [0.1, 0.15) is 31.1 Å². The maximum Gasteiger partial charge on any atom is 0.252 e. The van der Waals surface area contributed by atoms with Crippen molar-refractivity contribution in [3.8, 4) is 0 Å². The van der Waals surface area contributed by atoms with E-state index in [4.69, 9.17) is 11.5 Å². The third-order valence-corrected chi connectivity index (χ3v) is 2.42. The van der Waals surface area contributed by atoms with Gasteiger partial charge in [0.15, 0.2) is 0 Å². The summed E-state index contributed by atoms with van der Waals surface area (Å²) in [5, 5.41) is 0. The molecule has 5 nitrogen and oxygen atoms in total. The lowest BCUT2D eigenvalue weighted by Crippen LogP contribution is -2.30. The molecule has 0 aromatic carbocycles. The van der Waals surface area contributed by atoms with Crippen LogP contribution in [0.15, 0.2) is 12.3 Å². The van der Waals surface area contributed by atoms with Crippen molar-refractivity contribution in [2.24, 2.45) is 11.7 Å². The number of nitrogens with zero attached hydrogens (tertiary/aromatic N) is 2. The minimum absolute atomic E-state index is 0.382. The largest absolute Gasteiger partial charge is 0.397 e.